The van der Waals surface area contributed by atoms with Crippen LogP contribution in [0.4, 0.5) is 0 Å². The van der Waals surface area contributed by atoms with Gasteiger partial charge in [0, 0.05) is 10.7 Å². The van der Waals surface area contributed by atoms with E-state index in [1.54, 1.807) is 19.9 Å². The smallest absolute Gasteiger partial charge is 0.207 e. The molecule has 0 saturated heterocycles. The van der Waals surface area contributed by atoms with Crippen LogP contribution in [-0.4, -0.2) is 8.42 Å². The SMILES string of the molecule is Cc1ccc(C)c(S(=O)(=O)Cl)c1C. The zero-order chi connectivity index (χ0) is 10.2. The average Bonchev–Trinajstić information content (AvgIpc) is 1.95. The van der Waals surface area contributed by atoms with Crippen LogP contribution in [0.2, 0.25) is 0 Å². The highest BCUT2D eigenvalue weighted by molar-refractivity contribution is 8.13. The molecule has 0 aromatic heterocycles. The molecule has 2 nitrogen and oxygen atoms in total. The molecule has 72 valence electrons. The lowest BCUT2D eigenvalue weighted by molar-refractivity contribution is 0.608. The molecule has 0 amide bonds. The molecule has 0 aliphatic carbocycles. The van der Waals surface area contributed by atoms with E-state index in [1.807, 2.05) is 13.0 Å². The van der Waals surface area contributed by atoms with E-state index in [2.05, 4.69) is 0 Å². The Morgan fingerprint density at radius 1 is 1.08 bits per heavy atom. The molecule has 1 rings (SSSR count). The fraction of sp³-hybridized carbons (Fsp3) is 0.333. The van der Waals surface area contributed by atoms with Gasteiger partial charge in [0.2, 0.25) is 0 Å². The van der Waals surface area contributed by atoms with E-state index in [9.17, 15) is 8.42 Å². The van der Waals surface area contributed by atoms with E-state index in [0.29, 0.717) is 5.56 Å². The lowest BCUT2D eigenvalue weighted by Gasteiger charge is -2.08. The topological polar surface area (TPSA) is 34.1 Å². The Labute approximate surface area is 83.0 Å². The van der Waals surface area contributed by atoms with Crippen LogP contribution in [0.5, 0.6) is 0 Å². The van der Waals surface area contributed by atoms with Crippen molar-refractivity contribution in [2.75, 3.05) is 0 Å². The molecule has 0 spiro atoms. The van der Waals surface area contributed by atoms with E-state index in [1.165, 1.54) is 0 Å². The van der Waals surface area contributed by atoms with Crippen LogP contribution in [0.25, 0.3) is 0 Å². The van der Waals surface area contributed by atoms with E-state index >= 15 is 0 Å². The first-order chi connectivity index (χ1) is 5.84. The molecule has 13 heavy (non-hydrogen) atoms. The molecule has 1 aromatic carbocycles. The van der Waals surface area contributed by atoms with Crippen molar-refractivity contribution in [2.45, 2.75) is 25.7 Å². The number of benzene rings is 1. The van der Waals surface area contributed by atoms with Crippen LogP contribution in [0.3, 0.4) is 0 Å². The van der Waals surface area contributed by atoms with Gasteiger partial charge in [-0.1, -0.05) is 12.1 Å². The highest BCUT2D eigenvalue weighted by Crippen LogP contribution is 2.25. The molecule has 0 unspecified atom stereocenters. The lowest BCUT2D eigenvalue weighted by Crippen LogP contribution is -1.99. The molecule has 0 atom stereocenters. The van der Waals surface area contributed by atoms with Gasteiger partial charge in [0.05, 0.1) is 4.90 Å². The Balaban J connectivity index is 3.62. The molecule has 0 aliphatic heterocycles. The molecule has 1 aromatic rings. The molecule has 0 fully saturated rings. The minimum absolute atomic E-state index is 0.245. The van der Waals surface area contributed by atoms with Crippen molar-refractivity contribution < 1.29 is 8.42 Å². The number of aryl methyl sites for hydroxylation is 2. The summed E-state index contributed by atoms with van der Waals surface area (Å²) < 4.78 is 22.4. The Kier molecular flexibility index (Phi) is 2.68. The molecule has 0 aliphatic rings. The predicted molar refractivity (Wildman–Crippen MR) is 53.7 cm³/mol. The van der Waals surface area contributed by atoms with Crippen molar-refractivity contribution in [1.29, 1.82) is 0 Å². The molecular weight excluding hydrogens is 208 g/mol. The summed E-state index contributed by atoms with van der Waals surface area (Å²) in [7, 11) is 1.70. The van der Waals surface area contributed by atoms with Crippen LogP contribution in [0, 0.1) is 20.8 Å². The number of halogens is 1. The van der Waals surface area contributed by atoms with Crippen LogP contribution in [-0.2, 0) is 9.05 Å². The summed E-state index contributed by atoms with van der Waals surface area (Å²) in [4.78, 5) is 0.245. The van der Waals surface area contributed by atoms with E-state index < -0.39 is 9.05 Å². The van der Waals surface area contributed by atoms with Crippen LogP contribution < -0.4 is 0 Å². The van der Waals surface area contributed by atoms with Gasteiger partial charge in [-0.25, -0.2) is 8.42 Å². The second kappa shape index (κ2) is 3.31. The Bertz CT molecular complexity index is 435. The summed E-state index contributed by atoms with van der Waals surface area (Å²) in [6, 6.07) is 3.65. The first-order valence-corrected chi connectivity index (χ1v) is 6.16. The maximum absolute atomic E-state index is 11.2. The molecule has 0 heterocycles. The maximum atomic E-state index is 11.2. The van der Waals surface area contributed by atoms with Gasteiger partial charge >= 0.3 is 0 Å². The van der Waals surface area contributed by atoms with Crippen molar-refractivity contribution >= 4 is 19.7 Å². The quantitative estimate of drug-likeness (QED) is 0.679. The van der Waals surface area contributed by atoms with Gasteiger partial charge in [0.1, 0.15) is 0 Å². The molecule has 0 N–H and O–H groups in total. The minimum atomic E-state index is -3.61. The summed E-state index contributed by atoms with van der Waals surface area (Å²) in [5.41, 5.74) is 2.36. The van der Waals surface area contributed by atoms with Crippen molar-refractivity contribution in [3.63, 3.8) is 0 Å². The summed E-state index contributed by atoms with van der Waals surface area (Å²) in [5.74, 6) is 0. The average molecular weight is 219 g/mol. The second-order valence-corrected chi connectivity index (χ2v) is 5.59. The normalized spacial score (nSPS) is 11.7. The van der Waals surface area contributed by atoms with Crippen LogP contribution in [0.15, 0.2) is 17.0 Å². The molecule has 0 bridgehead atoms. The van der Waals surface area contributed by atoms with E-state index in [4.69, 9.17) is 10.7 Å². The Hall–Kier alpha value is -0.540. The van der Waals surface area contributed by atoms with Crippen molar-refractivity contribution in [3.05, 3.63) is 28.8 Å². The summed E-state index contributed by atoms with van der Waals surface area (Å²) in [6.07, 6.45) is 0. The third kappa shape index (κ3) is 2.03. The first kappa shape index (κ1) is 10.5. The molecule has 0 saturated carbocycles. The summed E-state index contributed by atoms with van der Waals surface area (Å²) in [5, 5.41) is 0. The second-order valence-electron chi connectivity index (χ2n) is 3.09. The van der Waals surface area contributed by atoms with Gasteiger partial charge in [-0.2, -0.15) is 0 Å². The van der Waals surface area contributed by atoms with Gasteiger partial charge in [0.25, 0.3) is 9.05 Å². The number of hydrogen-bond acceptors (Lipinski definition) is 2. The molecular formula is C9H11ClO2S. The van der Waals surface area contributed by atoms with Gasteiger partial charge in [-0.05, 0) is 37.5 Å². The largest absolute Gasteiger partial charge is 0.261 e. The van der Waals surface area contributed by atoms with Crippen molar-refractivity contribution in [1.82, 2.24) is 0 Å². The number of rotatable bonds is 1. The highest BCUT2D eigenvalue weighted by Gasteiger charge is 2.17. The van der Waals surface area contributed by atoms with Gasteiger partial charge in [-0.3, -0.25) is 0 Å². The fourth-order valence-corrected chi connectivity index (χ4v) is 2.99. The molecule has 4 heteroatoms. The van der Waals surface area contributed by atoms with Crippen LogP contribution >= 0.6 is 10.7 Å². The predicted octanol–water partition coefficient (Wildman–Crippen LogP) is 2.54. The van der Waals surface area contributed by atoms with Gasteiger partial charge < -0.3 is 0 Å². The third-order valence-corrected chi connectivity index (χ3v) is 3.70. The summed E-state index contributed by atoms with van der Waals surface area (Å²) >= 11 is 0. The lowest BCUT2D eigenvalue weighted by atomic mass is 10.1. The molecule has 0 radical (unpaired) electrons. The fourth-order valence-electron chi connectivity index (χ4n) is 1.30. The van der Waals surface area contributed by atoms with E-state index in [-0.39, 0.29) is 4.90 Å². The third-order valence-electron chi connectivity index (χ3n) is 2.12. The highest BCUT2D eigenvalue weighted by atomic mass is 35.7. The zero-order valence-corrected chi connectivity index (χ0v) is 9.33. The van der Waals surface area contributed by atoms with Crippen molar-refractivity contribution in [2.24, 2.45) is 0 Å². The number of hydrogen-bond donors (Lipinski definition) is 0. The maximum Gasteiger partial charge on any atom is 0.261 e. The zero-order valence-electron chi connectivity index (χ0n) is 7.76. The van der Waals surface area contributed by atoms with Crippen molar-refractivity contribution in [3.8, 4) is 0 Å². The van der Waals surface area contributed by atoms with E-state index in [0.717, 1.165) is 11.1 Å². The monoisotopic (exact) mass is 218 g/mol. The Morgan fingerprint density at radius 3 is 1.92 bits per heavy atom. The first-order valence-electron chi connectivity index (χ1n) is 3.85. The van der Waals surface area contributed by atoms with Gasteiger partial charge in [0.15, 0.2) is 0 Å². The minimum Gasteiger partial charge on any atom is -0.207 e. The standard InChI is InChI=1S/C9H11ClO2S/c1-6-4-5-7(2)9(8(6)3)13(10,11)12/h4-5H,1-3H3. The summed E-state index contributed by atoms with van der Waals surface area (Å²) in [6.45, 7) is 5.36. The van der Waals surface area contributed by atoms with Gasteiger partial charge in [-0.15, -0.1) is 0 Å². The Morgan fingerprint density at radius 2 is 1.54 bits per heavy atom. The van der Waals surface area contributed by atoms with Crippen LogP contribution in [0.1, 0.15) is 16.7 Å².